The summed E-state index contributed by atoms with van der Waals surface area (Å²) in [6.45, 7) is 9.24. The zero-order valence-corrected chi connectivity index (χ0v) is 15.7. The maximum atomic E-state index is 12.3. The second-order valence-corrected chi connectivity index (χ2v) is 6.22. The summed E-state index contributed by atoms with van der Waals surface area (Å²) < 4.78 is 0. The number of anilines is 1. The van der Waals surface area contributed by atoms with Gasteiger partial charge in [-0.05, 0) is 42.4 Å². The van der Waals surface area contributed by atoms with E-state index in [1.165, 1.54) is 12.5 Å². The minimum absolute atomic E-state index is 0.160. The smallest absolute Gasteiger partial charge is 0.251 e. The van der Waals surface area contributed by atoms with Crippen molar-refractivity contribution in [1.82, 2.24) is 10.2 Å². The van der Waals surface area contributed by atoms with Gasteiger partial charge in [-0.25, -0.2) is 0 Å². The highest BCUT2D eigenvalue weighted by molar-refractivity contribution is 5.96. The van der Waals surface area contributed by atoms with Crippen molar-refractivity contribution in [2.24, 2.45) is 0 Å². The van der Waals surface area contributed by atoms with Crippen molar-refractivity contribution >= 4 is 17.5 Å². The Labute approximate surface area is 155 Å². The Morgan fingerprint density at radius 1 is 0.962 bits per heavy atom. The number of hydrogen-bond acceptors (Lipinski definition) is 3. The van der Waals surface area contributed by atoms with Gasteiger partial charge in [-0.15, -0.1) is 0 Å². The third-order valence-electron chi connectivity index (χ3n) is 4.22. The highest BCUT2D eigenvalue weighted by Gasteiger charge is 2.07. The van der Waals surface area contributed by atoms with E-state index in [1.54, 1.807) is 24.3 Å². The number of nitrogens with zero attached hydrogens (tertiary/aromatic N) is 1. The first kappa shape index (κ1) is 19.7. The molecule has 0 aliphatic heterocycles. The summed E-state index contributed by atoms with van der Waals surface area (Å²) in [4.78, 5) is 25.8. The third-order valence-corrected chi connectivity index (χ3v) is 4.22. The van der Waals surface area contributed by atoms with Crippen LogP contribution in [0.4, 0.5) is 5.69 Å². The molecule has 2 amide bonds. The summed E-state index contributed by atoms with van der Waals surface area (Å²) in [5, 5.41) is 5.60. The highest BCUT2D eigenvalue weighted by atomic mass is 16.2. The first-order valence-electron chi connectivity index (χ1n) is 8.97. The van der Waals surface area contributed by atoms with E-state index in [0.717, 1.165) is 25.2 Å². The van der Waals surface area contributed by atoms with E-state index in [2.05, 4.69) is 41.5 Å². The molecule has 138 valence electrons. The van der Waals surface area contributed by atoms with E-state index >= 15 is 0 Å². The molecule has 2 N–H and O–H groups in total. The Balaban J connectivity index is 1.92. The van der Waals surface area contributed by atoms with E-state index in [4.69, 9.17) is 0 Å². The second-order valence-electron chi connectivity index (χ2n) is 6.22. The van der Waals surface area contributed by atoms with Crippen molar-refractivity contribution in [3.8, 4) is 0 Å². The molecule has 0 radical (unpaired) electrons. The van der Waals surface area contributed by atoms with Crippen molar-refractivity contribution in [3.05, 3.63) is 65.2 Å². The van der Waals surface area contributed by atoms with E-state index < -0.39 is 0 Å². The summed E-state index contributed by atoms with van der Waals surface area (Å²) in [5.74, 6) is -0.322. The summed E-state index contributed by atoms with van der Waals surface area (Å²) >= 11 is 0. The van der Waals surface area contributed by atoms with E-state index in [9.17, 15) is 9.59 Å². The molecule has 0 atom stereocenters. The van der Waals surface area contributed by atoms with Crippen LogP contribution in [-0.2, 0) is 17.9 Å². The molecule has 0 aromatic heterocycles. The molecule has 2 aromatic rings. The van der Waals surface area contributed by atoms with Gasteiger partial charge in [0, 0.05) is 31.3 Å². The minimum atomic E-state index is -0.163. The van der Waals surface area contributed by atoms with E-state index in [0.29, 0.717) is 17.8 Å². The molecular formula is C21H27N3O2. The molecular weight excluding hydrogens is 326 g/mol. The van der Waals surface area contributed by atoms with Gasteiger partial charge in [0.15, 0.2) is 0 Å². The van der Waals surface area contributed by atoms with Gasteiger partial charge in [0.25, 0.3) is 5.91 Å². The molecule has 0 saturated heterocycles. The predicted octanol–water partition coefficient (Wildman–Crippen LogP) is 3.42. The van der Waals surface area contributed by atoms with Gasteiger partial charge in [-0.2, -0.15) is 0 Å². The second kappa shape index (κ2) is 9.73. The lowest BCUT2D eigenvalue weighted by Gasteiger charge is -2.18. The van der Waals surface area contributed by atoms with Crippen LogP contribution < -0.4 is 10.6 Å². The summed E-state index contributed by atoms with van der Waals surface area (Å²) in [5.41, 5.74) is 3.46. The quantitative estimate of drug-likeness (QED) is 0.764. The van der Waals surface area contributed by atoms with Gasteiger partial charge in [0.1, 0.15) is 0 Å². The number of rotatable bonds is 8. The van der Waals surface area contributed by atoms with E-state index in [1.807, 2.05) is 12.1 Å². The van der Waals surface area contributed by atoms with Gasteiger partial charge in [0.2, 0.25) is 5.91 Å². The van der Waals surface area contributed by atoms with Crippen molar-refractivity contribution in [3.63, 3.8) is 0 Å². The predicted molar refractivity (Wildman–Crippen MR) is 105 cm³/mol. The molecule has 5 heteroatoms. The third kappa shape index (κ3) is 6.01. The summed E-state index contributed by atoms with van der Waals surface area (Å²) in [6.07, 6.45) is 0. The summed E-state index contributed by atoms with van der Waals surface area (Å²) in [6, 6.07) is 15.2. The van der Waals surface area contributed by atoms with Gasteiger partial charge in [-0.1, -0.05) is 44.2 Å². The molecule has 5 nitrogen and oxygen atoms in total. The van der Waals surface area contributed by atoms with Crippen LogP contribution in [0.15, 0.2) is 48.5 Å². The maximum absolute atomic E-state index is 12.3. The van der Waals surface area contributed by atoms with Crippen LogP contribution in [0.1, 0.15) is 42.3 Å². The largest absolute Gasteiger partial charge is 0.348 e. The fourth-order valence-electron chi connectivity index (χ4n) is 2.69. The first-order chi connectivity index (χ1) is 12.5. The lowest BCUT2D eigenvalue weighted by atomic mass is 10.1. The van der Waals surface area contributed by atoms with Crippen LogP contribution in [0, 0.1) is 0 Å². The molecule has 0 aliphatic rings. The van der Waals surface area contributed by atoms with Crippen molar-refractivity contribution in [2.45, 2.75) is 33.9 Å². The van der Waals surface area contributed by atoms with Gasteiger partial charge in [-0.3, -0.25) is 14.5 Å². The molecule has 26 heavy (non-hydrogen) atoms. The molecule has 0 unspecified atom stereocenters. The Hall–Kier alpha value is -2.66. The first-order valence-corrected chi connectivity index (χ1v) is 8.97. The Morgan fingerprint density at radius 3 is 2.23 bits per heavy atom. The molecule has 2 rings (SSSR count). The van der Waals surface area contributed by atoms with Crippen LogP contribution in [-0.4, -0.2) is 29.8 Å². The molecule has 0 aliphatic carbocycles. The maximum Gasteiger partial charge on any atom is 0.251 e. The zero-order valence-electron chi connectivity index (χ0n) is 15.7. The Morgan fingerprint density at radius 2 is 1.62 bits per heavy atom. The average Bonchev–Trinajstić information content (AvgIpc) is 2.64. The molecule has 0 heterocycles. The minimum Gasteiger partial charge on any atom is -0.348 e. The van der Waals surface area contributed by atoms with Gasteiger partial charge in [0.05, 0.1) is 0 Å². The Bertz CT molecular complexity index is 737. The van der Waals surface area contributed by atoms with Gasteiger partial charge < -0.3 is 10.6 Å². The zero-order chi connectivity index (χ0) is 18.9. The van der Waals surface area contributed by atoms with Crippen LogP contribution in [0.3, 0.4) is 0 Å². The number of nitrogens with one attached hydrogen (secondary N) is 2. The average molecular weight is 353 g/mol. The molecule has 0 saturated carbocycles. The van der Waals surface area contributed by atoms with Crippen molar-refractivity contribution in [2.75, 3.05) is 18.4 Å². The topological polar surface area (TPSA) is 61.4 Å². The lowest BCUT2D eigenvalue weighted by molar-refractivity contribution is -0.114. The number of benzene rings is 2. The molecule has 2 aromatic carbocycles. The fourth-order valence-corrected chi connectivity index (χ4v) is 2.69. The number of amides is 2. The van der Waals surface area contributed by atoms with Crippen LogP contribution >= 0.6 is 0 Å². The normalized spacial score (nSPS) is 10.6. The van der Waals surface area contributed by atoms with Crippen LogP contribution in [0.2, 0.25) is 0 Å². The monoisotopic (exact) mass is 353 g/mol. The lowest BCUT2D eigenvalue weighted by Crippen LogP contribution is -2.23. The molecule has 0 fully saturated rings. The van der Waals surface area contributed by atoms with Crippen LogP contribution in [0.5, 0.6) is 0 Å². The SMILES string of the molecule is CCN(CC)Cc1ccc(CNC(=O)c2cccc(NC(C)=O)c2)cc1. The number of carbonyl (C=O) groups is 2. The van der Waals surface area contributed by atoms with Gasteiger partial charge >= 0.3 is 0 Å². The van der Waals surface area contributed by atoms with Crippen molar-refractivity contribution in [1.29, 1.82) is 0 Å². The van der Waals surface area contributed by atoms with Crippen molar-refractivity contribution < 1.29 is 9.59 Å². The fraction of sp³-hybridized carbons (Fsp3) is 0.333. The highest BCUT2D eigenvalue weighted by Crippen LogP contribution is 2.11. The number of carbonyl (C=O) groups excluding carboxylic acids is 2. The number of hydrogen-bond donors (Lipinski definition) is 2. The molecule has 0 bridgehead atoms. The standard InChI is InChI=1S/C21H27N3O2/c1-4-24(5-2)15-18-11-9-17(10-12-18)14-22-21(26)19-7-6-8-20(13-19)23-16(3)25/h6-13H,4-5,14-15H2,1-3H3,(H,22,26)(H,23,25). The molecule has 0 spiro atoms. The van der Waals surface area contributed by atoms with E-state index in [-0.39, 0.29) is 11.8 Å². The Kier molecular flexibility index (Phi) is 7.36. The van der Waals surface area contributed by atoms with Crippen LogP contribution in [0.25, 0.3) is 0 Å². The summed E-state index contributed by atoms with van der Waals surface area (Å²) in [7, 11) is 0.